The second-order valence-corrected chi connectivity index (χ2v) is 3.50. The van der Waals surface area contributed by atoms with Crippen molar-refractivity contribution in [2.24, 2.45) is 0 Å². The lowest BCUT2D eigenvalue weighted by molar-refractivity contribution is -0.119. The first kappa shape index (κ1) is 9.03. The summed E-state index contributed by atoms with van der Waals surface area (Å²) in [6.45, 7) is 0.651. The van der Waals surface area contributed by atoms with Crippen LogP contribution in [0.3, 0.4) is 0 Å². The zero-order valence-electron chi connectivity index (χ0n) is 6.31. The van der Waals surface area contributed by atoms with Gasteiger partial charge in [0.1, 0.15) is 0 Å². The zero-order valence-corrected chi connectivity index (χ0v) is 8.46. The van der Waals surface area contributed by atoms with Gasteiger partial charge in [-0.15, -0.1) is 0 Å². The summed E-state index contributed by atoms with van der Waals surface area (Å²) in [5.74, 6) is 0.758. The smallest absolute Gasteiger partial charge is 0.197 e. The van der Waals surface area contributed by atoms with Crippen LogP contribution in [-0.2, 0) is 9.53 Å². The largest absolute Gasteiger partial charge is 0.489 e. The molecule has 1 aliphatic rings. The lowest BCUT2D eigenvalue weighted by atomic mass is 10.1. The second kappa shape index (κ2) is 4.74. The number of ether oxygens (including phenoxy) is 1. The lowest BCUT2D eigenvalue weighted by Crippen LogP contribution is -2.11. The van der Waals surface area contributed by atoms with E-state index in [1.165, 1.54) is 0 Å². The number of hydrogen-bond acceptors (Lipinski definition) is 2. The molecule has 0 heterocycles. The summed E-state index contributed by atoms with van der Waals surface area (Å²) in [5, 5.41) is 0. The van der Waals surface area contributed by atoms with Crippen LogP contribution in [0.2, 0.25) is 0 Å². The molecule has 0 bridgehead atoms. The minimum Gasteiger partial charge on any atom is -0.489 e. The third kappa shape index (κ3) is 2.81. The summed E-state index contributed by atoms with van der Waals surface area (Å²) in [6, 6.07) is 0. The molecule has 3 heteroatoms. The topological polar surface area (TPSA) is 26.3 Å². The molecular weight excluding hydrogens is 255 g/mol. The highest BCUT2D eigenvalue weighted by atomic mass is 127. The molecule has 0 N–H and O–H groups in total. The molecule has 62 valence electrons. The molecule has 0 fully saturated rings. The molecule has 0 unspecified atom stereocenters. The van der Waals surface area contributed by atoms with Crippen molar-refractivity contribution in [3.8, 4) is 0 Å². The summed E-state index contributed by atoms with van der Waals surface area (Å²) in [7, 11) is 0. The van der Waals surface area contributed by atoms with Crippen molar-refractivity contribution in [1.82, 2.24) is 0 Å². The maximum Gasteiger partial charge on any atom is 0.197 e. The SMILES string of the molecule is O=C1CCCC=C1OCCI. The summed E-state index contributed by atoms with van der Waals surface area (Å²) in [4.78, 5) is 11.1. The molecule has 0 amide bonds. The number of rotatable bonds is 3. The van der Waals surface area contributed by atoms with E-state index in [0.717, 1.165) is 17.3 Å². The minimum atomic E-state index is 0.168. The van der Waals surface area contributed by atoms with Crippen LogP contribution in [0.25, 0.3) is 0 Å². The molecule has 0 aromatic carbocycles. The average Bonchev–Trinajstić information content (AvgIpc) is 2.03. The van der Waals surface area contributed by atoms with E-state index in [0.29, 0.717) is 18.8 Å². The van der Waals surface area contributed by atoms with Crippen molar-refractivity contribution in [2.75, 3.05) is 11.0 Å². The summed E-state index contributed by atoms with van der Waals surface area (Å²) in [5.41, 5.74) is 0. The average molecular weight is 266 g/mol. The van der Waals surface area contributed by atoms with E-state index in [-0.39, 0.29) is 5.78 Å². The Bertz CT molecular complexity index is 175. The van der Waals surface area contributed by atoms with Crippen LogP contribution in [0.15, 0.2) is 11.8 Å². The van der Waals surface area contributed by atoms with Crippen molar-refractivity contribution in [3.05, 3.63) is 11.8 Å². The van der Waals surface area contributed by atoms with E-state index in [1.54, 1.807) is 0 Å². The molecule has 1 rings (SSSR count). The van der Waals surface area contributed by atoms with E-state index in [9.17, 15) is 4.79 Å². The van der Waals surface area contributed by atoms with Gasteiger partial charge in [-0.3, -0.25) is 4.79 Å². The van der Waals surface area contributed by atoms with Gasteiger partial charge in [0.15, 0.2) is 11.5 Å². The van der Waals surface area contributed by atoms with Crippen molar-refractivity contribution in [3.63, 3.8) is 0 Å². The number of halogens is 1. The van der Waals surface area contributed by atoms with Gasteiger partial charge in [-0.25, -0.2) is 0 Å². The monoisotopic (exact) mass is 266 g/mol. The van der Waals surface area contributed by atoms with E-state index in [4.69, 9.17) is 4.74 Å². The Morgan fingerprint density at radius 2 is 2.45 bits per heavy atom. The van der Waals surface area contributed by atoms with Gasteiger partial charge in [0.05, 0.1) is 6.61 Å². The van der Waals surface area contributed by atoms with Crippen LogP contribution in [0.1, 0.15) is 19.3 Å². The number of hydrogen-bond donors (Lipinski definition) is 0. The molecule has 0 radical (unpaired) electrons. The Hall–Kier alpha value is -0.0600. The minimum absolute atomic E-state index is 0.168. The Kier molecular flexibility index (Phi) is 3.90. The molecule has 0 aromatic rings. The molecule has 0 saturated heterocycles. The maximum atomic E-state index is 11.1. The van der Waals surface area contributed by atoms with E-state index < -0.39 is 0 Å². The highest BCUT2D eigenvalue weighted by molar-refractivity contribution is 14.1. The van der Waals surface area contributed by atoms with Gasteiger partial charge >= 0.3 is 0 Å². The number of Topliss-reactive ketones (excluding diaryl/α,β-unsaturated/α-hetero) is 1. The molecule has 1 aliphatic carbocycles. The van der Waals surface area contributed by atoms with Crippen LogP contribution in [0, 0.1) is 0 Å². The van der Waals surface area contributed by atoms with Gasteiger partial charge in [-0.2, -0.15) is 0 Å². The van der Waals surface area contributed by atoms with Crippen LogP contribution in [-0.4, -0.2) is 16.8 Å². The molecule has 11 heavy (non-hydrogen) atoms. The molecule has 0 aromatic heterocycles. The van der Waals surface area contributed by atoms with Crippen LogP contribution < -0.4 is 0 Å². The number of allylic oxidation sites excluding steroid dienone is 2. The van der Waals surface area contributed by atoms with E-state index in [1.807, 2.05) is 6.08 Å². The Morgan fingerprint density at radius 1 is 1.64 bits per heavy atom. The Balaban J connectivity index is 2.41. The molecule has 0 atom stereocenters. The van der Waals surface area contributed by atoms with Crippen molar-refractivity contribution in [2.45, 2.75) is 19.3 Å². The van der Waals surface area contributed by atoms with Gasteiger partial charge in [0, 0.05) is 10.8 Å². The number of ketones is 1. The van der Waals surface area contributed by atoms with Crippen molar-refractivity contribution in [1.29, 1.82) is 0 Å². The lowest BCUT2D eigenvalue weighted by Gasteiger charge is -2.11. The fraction of sp³-hybridized carbons (Fsp3) is 0.625. The predicted octanol–water partition coefficient (Wildman–Crippen LogP) is 2.07. The third-order valence-corrected chi connectivity index (χ3v) is 1.99. The van der Waals surface area contributed by atoms with Crippen molar-refractivity contribution >= 4 is 28.4 Å². The molecule has 0 aliphatic heterocycles. The summed E-state index contributed by atoms with van der Waals surface area (Å²) >= 11 is 2.23. The first-order valence-corrected chi connectivity index (χ1v) is 5.29. The summed E-state index contributed by atoms with van der Waals surface area (Å²) < 4.78 is 6.18. The van der Waals surface area contributed by atoms with Crippen molar-refractivity contribution < 1.29 is 9.53 Å². The number of carbonyl (C=O) groups excluding carboxylic acids is 1. The first-order valence-electron chi connectivity index (χ1n) is 3.76. The molecule has 2 nitrogen and oxygen atoms in total. The van der Waals surface area contributed by atoms with Gasteiger partial charge in [-0.05, 0) is 18.9 Å². The van der Waals surface area contributed by atoms with E-state index >= 15 is 0 Å². The fourth-order valence-corrected chi connectivity index (χ4v) is 1.24. The maximum absolute atomic E-state index is 11.1. The van der Waals surface area contributed by atoms with Gasteiger partial charge in [0.25, 0.3) is 0 Å². The highest BCUT2D eigenvalue weighted by Gasteiger charge is 2.13. The predicted molar refractivity (Wildman–Crippen MR) is 51.8 cm³/mol. The van der Waals surface area contributed by atoms with Crippen LogP contribution >= 0.6 is 22.6 Å². The number of alkyl halides is 1. The van der Waals surface area contributed by atoms with E-state index in [2.05, 4.69) is 22.6 Å². The quantitative estimate of drug-likeness (QED) is 0.577. The summed E-state index contributed by atoms with van der Waals surface area (Å²) in [6.07, 6.45) is 4.53. The normalized spacial score (nSPS) is 17.9. The molecule has 0 saturated carbocycles. The zero-order chi connectivity index (χ0) is 8.10. The van der Waals surface area contributed by atoms with Gasteiger partial charge < -0.3 is 4.74 Å². The Morgan fingerprint density at radius 3 is 3.09 bits per heavy atom. The molecule has 0 spiro atoms. The fourth-order valence-electron chi connectivity index (χ4n) is 1.02. The van der Waals surface area contributed by atoms with Crippen LogP contribution in [0.4, 0.5) is 0 Å². The first-order chi connectivity index (χ1) is 5.34. The molecular formula is C8H11IO2. The second-order valence-electron chi connectivity index (χ2n) is 2.42. The number of carbonyl (C=O) groups is 1. The van der Waals surface area contributed by atoms with Gasteiger partial charge in [0.2, 0.25) is 0 Å². The highest BCUT2D eigenvalue weighted by Crippen LogP contribution is 2.14. The van der Waals surface area contributed by atoms with Gasteiger partial charge in [-0.1, -0.05) is 22.6 Å². The third-order valence-electron chi connectivity index (χ3n) is 1.55. The van der Waals surface area contributed by atoms with Crippen LogP contribution in [0.5, 0.6) is 0 Å². The Labute approximate surface area is 80.1 Å². The standard InChI is InChI=1S/C8H11IO2/c9-5-6-11-8-4-2-1-3-7(8)10/h4H,1-3,5-6H2.